The highest BCUT2D eigenvalue weighted by molar-refractivity contribution is 5.95. The van der Waals surface area contributed by atoms with Crippen LogP contribution < -0.4 is 23.0 Å². The van der Waals surface area contributed by atoms with E-state index in [2.05, 4.69) is 10.6 Å². The summed E-state index contributed by atoms with van der Waals surface area (Å²) in [6, 6.07) is 6.12. The van der Waals surface area contributed by atoms with Gasteiger partial charge in [0.25, 0.3) is 0 Å². The molecule has 0 aliphatic heterocycles. The number of carboxylic acid groups (broad SMARTS) is 1. The van der Waals surface area contributed by atoms with Crippen molar-refractivity contribution in [1.82, 2.24) is 5.32 Å². The number of likely N-dealkylation sites (N-methyl/N-ethyl adjacent to an activating group) is 1. The summed E-state index contributed by atoms with van der Waals surface area (Å²) in [6.07, 6.45) is 1.05. The normalized spacial score (nSPS) is 10.6. The highest BCUT2D eigenvalue weighted by Gasteiger charge is 2.26. The van der Waals surface area contributed by atoms with Gasteiger partial charge >= 0.3 is 5.97 Å². The molecule has 40 heavy (non-hydrogen) atoms. The van der Waals surface area contributed by atoms with Crippen LogP contribution in [0.5, 0.6) is 0 Å². The van der Waals surface area contributed by atoms with Gasteiger partial charge in [-0.2, -0.15) is 0 Å². The molecule has 0 aliphatic rings. The molecule has 0 aliphatic carbocycles. The van der Waals surface area contributed by atoms with Gasteiger partial charge in [-0.15, -0.1) is 0 Å². The van der Waals surface area contributed by atoms with Gasteiger partial charge in [0.05, 0.1) is 26.7 Å². The van der Waals surface area contributed by atoms with Crippen molar-refractivity contribution in [2.24, 2.45) is 10.8 Å². The maximum absolute atomic E-state index is 11.9. The van der Waals surface area contributed by atoms with Gasteiger partial charge in [0, 0.05) is 23.1 Å². The number of carbonyl (C=O) groups is 3. The molecule has 1 rings (SSSR count). The number of aliphatic hydroxyl groups is 1. The van der Waals surface area contributed by atoms with Crippen molar-refractivity contribution in [3.05, 3.63) is 29.8 Å². The first-order valence-electron chi connectivity index (χ1n) is 11.4. The van der Waals surface area contributed by atoms with Crippen LogP contribution in [0.4, 0.5) is 5.69 Å². The molecule has 0 bridgehead atoms. The molecule has 1 atom stereocenters. The van der Waals surface area contributed by atoms with Gasteiger partial charge in [0.1, 0.15) is 12.6 Å². The lowest BCUT2D eigenvalue weighted by molar-refractivity contribution is -0.873. The van der Waals surface area contributed by atoms with E-state index in [9.17, 15) is 19.5 Å². The summed E-state index contributed by atoms with van der Waals surface area (Å²) in [5.74, 6) is -1.03. The Hall–Kier alpha value is -2.16. The summed E-state index contributed by atoms with van der Waals surface area (Å²) in [6.45, 7) is 12.5. The van der Waals surface area contributed by atoms with E-state index in [0.717, 1.165) is 12.8 Å². The predicted octanol–water partition coefficient (Wildman–Crippen LogP) is 4.19. The summed E-state index contributed by atoms with van der Waals surface area (Å²) in [4.78, 5) is 34.2. The molecule has 9 heteroatoms. The smallest absolute Gasteiger partial charge is 0.335 e. The van der Waals surface area contributed by atoms with E-state index in [1.165, 1.54) is 12.1 Å². The van der Waals surface area contributed by atoms with Crippen LogP contribution in [0, 0.1) is 10.8 Å². The quantitative estimate of drug-likeness (QED) is 0.302. The minimum atomic E-state index is -0.975. The lowest BCUT2D eigenvalue weighted by Crippen LogP contribution is -3.00. The highest BCUT2D eigenvalue weighted by Crippen LogP contribution is 2.22. The van der Waals surface area contributed by atoms with Crippen molar-refractivity contribution in [3.63, 3.8) is 0 Å². The number of anilines is 1. The third kappa shape index (κ3) is 22.6. The molecule has 1 unspecified atom stereocenters. The molecule has 0 spiro atoms. The van der Waals surface area contributed by atoms with Crippen LogP contribution in [-0.4, -0.2) is 72.8 Å². The standard InChI is InChI=1S/C13H17NO3.C12H26N2O2.6CH4.ClH/c1-4-13(2,3)12(17)14-10-7-5-9(6-8-10)11(15)16;1-7-12(2,3)11(16)13-8-10(15)9-14(4,5)6;;;;;;;/h5-8H,4H2,1-3H3,(H,14,17)(H,15,16);10,15H,7-9H2,1-6H3;6*1H4;1H. The molecule has 244 valence electrons. The second-order valence-corrected chi connectivity index (χ2v) is 10.6. The molecular formula is C31H68ClN3O5. The lowest BCUT2D eigenvalue weighted by Gasteiger charge is -2.28. The largest absolute Gasteiger partial charge is 1.00 e. The van der Waals surface area contributed by atoms with Gasteiger partial charge in [0.15, 0.2) is 0 Å². The zero-order chi connectivity index (χ0) is 26.0. The molecular weight excluding hydrogens is 530 g/mol. The third-order valence-electron chi connectivity index (χ3n) is 5.64. The number of hydrogen-bond acceptors (Lipinski definition) is 4. The Morgan fingerprint density at radius 2 is 1.18 bits per heavy atom. The second-order valence-electron chi connectivity index (χ2n) is 10.6. The van der Waals surface area contributed by atoms with Gasteiger partial charge in [-0.25, -0.2) is 4.79 Å². The number of aliphatic hydroxyl groups excluding tert-OH is 1. The maximum atomic E-state index is 11.9. The number of carbonyl (C=O) groups excluding carboxylic acids is 2. The van der Waals surface area contributed by atoms with E-state index in [4.69, 9.17) is 5.11 Å². The number of halogens is 1. The van der Waals surface area contributed by atoms with Crippen molar-refractivity contribution in [2.45, 2.75) is 105 Å². The Bertz CT molecular complexity index is 789. The minimum Gasteiger partial charge on any atom is -1.00 e. The van der Waals surface area contributed by atoms with Gasteiger partial charge < -0.3 is 37.7 Å². The molecule has 0 fully saturated rings. The fourth-order valence-electron chi connectivity index (χ4n) is 2.46. The second kappa shape index (κ2) is 24.6. The van der Waals surface area contributed by atoms with Gasteiger partial charge in [0.2, 0.25) is 11.8 Å². The summed E-state index contributed by atoms with van der Waals surface area (Å²) in [5, 5.41) is 24.0. The Kier molecular flexibility index (Phi) is 35.5. The molecule has 0 aromatic heterocycles. The first kappa shape index (κ1) is 57.7. The highest BCUT2D eigenvalue weighted by atomic mass is 35.5. The van der Waals surface area contributed by atoms with Crippen molar-refractivity contribution < 1.29 is 41.5 Å². The molecule has 0 saturated carbocycles. The Balaban J connectivity index is -0.0000000728. The monoisotopic (exact) mass is 597 g/mol. The zero-order valence-electron chi connectivity index (χ0n) is 22.2. The van der Waals surface area contributed by atoms with Gasteiger partial charge in [-0.1, -0.05) is 86.1 Å². The Labute approximate surface area is 255 Å². The predicted molar refractivity (Wildman–Crippen MR) is 172 cm³/mol. The van der Waals surface area contributed by atoms with Crippen molar-refractivity contribution in [2.75, 3.05) is 39.5 Å². The maximum Gasteiger partial charge on any atom is 0.335 e. The fourth-order valence-corrected chi connectivity index (χ4v) is 2.46. The number of hydrogen-bond donors (Lipinski definition) is 4. The van der Waals surface area contributed by atoms with Crippen LogP contribution in [-0.2, 0) is 9.59 Å². The van der Waals surface area contributed by atoms with E-state index in [0.29, 0.717) is 23.3 Å². The topological polar surface area (TPSA) is 116 Å². The van der Waals surface area contributed by atoms with Crippen LogP contribution in [0.2, 0.25) is 0 Å². The molecule has 8 nitrogen and oxygen atoms in total. The summed E-state index contributed by atoms with van der Waals surface area (Å²) in [5.41, 5.74) is 0.0428. The Morgan fingerprint density at radius 3 is 1.50 bits per heavy atom. The molecule has 0 radical (unpaired) electrons. The lowest BCUT2D eigenvalue weighted by atomic mass is 9.89. The summed E-state index contributed by atoms with van der Waals surface area (Å²) < 4.78 is 0.689. The Morgan fingerprint density at radius 1 is 0.800 bits per heavy atom. The number of aromatic carboxylic acids is 1. The van der Waals surface area contributed by atoms with E-state index < -0.39 is 17.5 Å². The van der Waals surface area contributed by atoms with E-state index in [1.54, 1.807) is 12.1 Å². The number of carboxylic acids is 1. The number of rotatable bonds is 10. The van der Waals surface area contributed by atoms with Crippen LogP contribution in [0.25, 0.3) is 0 Å². The number of nitrogens with zero attached hydrogens (tertiary/aromatic N) is 1. The average Bonchev–Trinajstić information content (AvgIpc) is 2.71. The SMILES string of the molecule is C.C.C.C.C.C.CCC(C)(C)C(=O)NCC(O)C[N+](C)(C)C.CCC(C)(C)C(=O)Nc1ccc(C(=O)O)cc1.[Cl-]. The first-order chi connectivity index (χ1) is 14.9. The number of benzene rings is 1. The van der Waals surface area contributed by atoms with Crippen LogP contribution in [0.15, 0.2) is 24.3 Å². The number of amides is 2. The number of quaternary nitrogens is 1. The molecule has 4 N–H and O–H groups in total. The fraction of sp³-hybridized carbons (Fsp3) is 0.710. The van der Waals surface area contributed by atoms with Gasteiger partial charge in [-0.3, -0.25) is 9.59 Å². The van der Waals surface area contributed by atoms with Crippen molar-refractivity contribution >= 4 is 23.5 Å². The summed E-state index contributed by atoms with van der Waals surface area (Å²) in [7, 11) is 6.04. The van der Waals surface area contributed by atoms with Crippen LogP contribution in [0.3, 0.4) is 0 Å². The molecule has 0 heterocycles. The molecule has 0 saturated heterocycles. The minimum absolute atomic E-state index is 0. The van der Waals surface area contributed by atoms with E-state index >= 15 is 0 Å². The number of nitrogens with one attached hydrogen (secondary N) is 2. The molecule has 1 aromatic carbocycles. The van der Waals surface area contributed by atoms with E-state index in [1.807, 2.05) is 62.7 Å². The molecule has 2 amide bonds. The summed E-state index contributed by atoms with van der Waals surface area (Å²) >= 11 is 0. The van der Waals surface area contributed by atoms with Crippen LogP contribution in [0.1, 0.15) is 109 Å². The van der Waals surface area contributed by atoms with Crippen molar-refractivity contribution in [1.29, 1.82) is 0 Å². The van der Waals surface area contributed by atoms with Crippen LogP contribution >= 0.6 is 0 Å². The molecule has 1 aromatic rings. The van der Waals surface area contributed by atoms with Gasteiger partial charge in [-0.05, 0) is 37.1 Å². The first-order valence-corrected chi connectivity index (χ1v) is 11.4. The van der Waals surface area contributed by atoms with Crippen molar-refractivity contribution in [3.8, 4) is 0 Å². The average molecular weight is 598 g/mol. The third-order valence-corrected chi connectivity index (χ3v) is 5.64. The van der Waals surface area contributed by atoms with E-state index in [-0.39, 0.29) is 79.8 Å². The zero-order valence-corrected chi connectivity index (χ0v) is 22.9.